The van der Waals surface area contributed by atoms with Crippen molar-refractivity contribution >= 4 is 10.8 Å². The highest BCUT2D eigenvalue weighted by Gasteiger charge is 2.38. The summed E-state index contributed by atoms with van der Waals surface area (Å²) in [5.41, 5.74) is 1.19. The summed E-state index contributed by atoms with van der Waals surface area (Å²) in [4.78, 5) is 0. The molecule has 16 heavy (non-hydrogen) atoms. The lowest BCUT2D eigenvalue weighted by molar-refractivity contribution is 0.110. The number of hydrogen-bond acceptors (Lipinski definition) is 2. The van der Waals surface area contributed by atoms with Crippen molar-refractivity contribution in [3.05, 3.63) is 54.3 Å². The predicted octanol–water partition coefficient (Wildman–Crippen LogP) is 3.19. The summed E-state index contributed by atoms with van der Waals surface area (Å²) in [6.07, 6.45) is 3.81. The highest BCUT2D eigenvalue weighted by Crippen LogP contribution is 2.45. The zero-order valence-electron chi connectivity index (χ0n) is 8.59. The van der Waals surface area contributed by atoms with Crippen LogP contribution in [0, 0.1) is 0 Å². The minimum absolute atomic E-state index is 0.0427. The van der Waals surface area contributed by atoms with Crippen molar-refractivity contribution in [1.29, 1.82) is 0 Å². The minimum atomic E-state index is 0.0427. The van der Waals surface area contributed by atoms with Gasteiger partial charge in [0, 0.05) is 5.56 Å². The Morgan fingerprint density at radius 1 is 1.00 bits per heavy atom. The van der Waals surface area contributed by atoms with Gasteiger partial charge < -0.3 is 9.47 Å². The van der Waals surface area contributed by atoms with Crippen molar-refractivity contribution in [1.82, 2.24) is 0 Å². The standard InChI is InChI=1S/C14H10O2/c1-2-4-10-9(3-1)5-6-11-13(10)14-12(16-11)7-8-15-14/h1-8,12,14H/t12-,14+/m1/s1. The number of benzene rings is 2. The molecule has 0 saturated heterocycles. The van der Waals surface area contributed by atoms with Gasteiger partial charge in [0.25, 0.3) is 0 Å². The quantitative estimate of drug-likeness (QED) is 0.664. The second kappa shape index (κ2) is 2.79. The van der Waals surface area contributed by atoms with Gasteiger partial charge >= 0.3 is 0 Å². The normalized spacial score (nSPS) is 25.0. The van der Waals surface area contributed by atoms with Crippen LogP contribution < -0.4 is 4.74 Å². The predicted molar refractivity (Wildman–Crippen MR) is 61.3 cm³/mol. The molecule has 2 aromatic rings. The lowest BCUT2D eigenvalue weighted by Crippen LogP contribution is -2.11. The molecule has 2 aromatic carbocycles. The van der Waals surface area contributed by atoms with E-state index in [0.717, 1.165) is 5.75 Å². The van der Waals surface area contributed by atoms with Gasteiger partial charge in [0.05, 0.1) is 6.26 Å². The van der Waals surface area contributed by atoms with Crippen molar-refractivity contribution in [2.75, 3.05) is 0 Å². The average molecular weight is 210 g/mol. The maximum Gasteiger partial charge on any atom is 0.167 e. The first kappa shape index (κ1) is 8.22. The van der Waals surface area contributed by atoms with Crippen LogP contribution in [-0.2, 0) is 4.74 Å². The van der Waals surface area contributed by atoms with Gasteiger partial charge in [0.2, 0.25) is 0 Å². The van der Waals surface area contributed by atoms with E-state index in [1.165, 1.54) is 16.3 Å². The van der Waals surface area contributed by atoms with E-state index in [-0.39, 0.29) is 12.2 Å². The maximum atomic E-state index is 5.83. The second-order valence-electron chi connectivity index (χ2n) is 4.17. The second-order valence-corrected chi connectivity index (χ2v) is 4.17. The minimum Gasteiger partial charge on any atom is -0.489 e. The fraction of sp³-hybridized carbons (Fsp3) is 0.143. The smallest absolute Gasteiger partial charge is 0.167 e. The van der Waals surface area contributed by atoms with Crippen LogP contribution in [0.5, 0.6) is 5.75 Å². The summed E-state index contributed by atoms with van der Waals surface area (Å²) in [6.45, 7) is 0. The Bertz CT molecular complexity index is 601. The highest BCUT2D eigenvalue weighted by molar-refractivity contribution is 5.88. The number of hydrogen-bond donors (Lipinski definition) is 0. The Hall–Kier alpha value is -1.96. The van der Waals surface area contributed by atoms with Crippen molar-refractivity contribution in [3.8, 4) is 5.75 Å². The highest BCUT2D eigenvalue weighted by atomic mass is 16.6. The number of rotatable bonds is 0. The van der Waals surface area contributed by atoms with Gasteiger partial charge in [-0.2, -0.15) is 0 Å². The molecule has 78 valence electrons. The summed E-state index contributed by atoms with van der Waals surface area (Å²) in [7, 11) is 0. The third-order valence-corrected chi connectivity index (χ3v) is 3.27. The summed E-state index contributed by atoms with van der Waals surface area (Å²) in [5.74, 6) is 0.957. The van der Waals surface area contributed by atoms with Gasteiger partial charge in [-0.25, -0.2) is 0 Å². The maximum absolute atomic E-state index is 5.83. The third-order valence-electron chi connectivity index (χ3n) is 3.27. The molecule has 0 spiro atoms. The molecule has 0 saturated carbocycles. The van der Waals surface area contributed by atoms with Crippen LogP contribution in [0.4, 0.5) is 0 Å². The number of ether oxygens (including phenoxy) is 2. The van der Waals surface area contributed by atoms with E-state index in [4.69, 9.17) is 9.47 Å². The molecule has 0 radical (unpaired) electrons. The monoisotopic (exact) mass is 210 g/mol. The Morgan fingerprint density at radius 3 is 2.94 bits per heavy atom. The molecular formula is C14H10O2. The van der Waals surface area contributed by atoms with Gasteiger partial charge in [-0.05, 0) is 22.9 Å². The third kappa shape index (κ3) is 0.915. The topological polar surface area (TPSA) is 18.5 Å². The first-order chi connectivity index (χ1) is 7.93. The molecule has 4 rings (SSSR count). The Morgan fingerprint density at radius 2 is 1.94 bits per heavy atom. The molecule has 2 aliphatic heterocycles. The lowest BCUT2D eigenvalue weighted by Gasteiger charge is -2.09. The van der Waals surface area contributed by atoms with E-state index in [1.807, 2.05) is 12.1 Å². The molecule has 0 aliphatic carbocycles. The van der Waals surface area contributed by atoms with Crippen LogP contribution in [0.2, 0.25) is 0 Å². The van der Waals surface area contributed by atoms with Gasteiger partial charge in [0.1, 0.15) is 5.75 Å². The zero-order chi connectivity index (χ0) is 10.5. The zero-order valence-corrected chi connectivity index (χ0v) is 8.59. The SMILES string of the molecule is C1=C[C@H]2Oc3ccc4ccccc4c3[C@H]2O1. The summed E-state index contributed by atoms with van der Waals surface area (Å²) in [5, 5.41) is 2.47. The molecule has 2 heterocycles. The van der Waals surface area contributed by atoms with E-state index < -0.39 is 0 Å². The molecular weight excluding hydrogens is 200 g/mol. The van der Waals surface area contributed by atoms with Gasteiger partial charge in [-0.1, -0.05) is 30.3 Å². The van der Waals surface area contributed by atoms with E-state index >= 15 is 0 Å². The molecule has 0 N–H and O–H groups in total. The van der Waals surface area contributed by atoms with Gasteiger partial charge in [0.15, 0.2) is 12.2 Å². The van der Waals surface area contributed by atoms with Crippen LogP contribution in [0.15, 0.2) is 48.7 Å². The first-order valence-corrected chi connectivity index (χ1v) is 5.44. The molecule has 0 aromatic heterocycles. The van der Waals surface area contributed by atoms with E-state index in [1.54, 1.807) is 6.26 Å². The molecule has 0 unspecified atom stereocenters. The number of fused-ring (bicyclic) bond motifs is 5. The summed E-state index contributed by atoms with van der Waals surface area (Å²) in [6, 6.07) is 12.5. The Balaban J connectivity index is 2.05. The Kier molecular flexibility index (Phi) is 1.43. The molecule has 2 atom stereocenters. The summed E-state index contributed by atoms with van der Waals surface area (Å²) < 4.78 is 11.4. The molecule has 2 nitrogen and oxygen atoms in total. The molecule has 0 fully saturated rings. The Labute approximate surface area is 93.1 Å². The fourth-order valence-corrected chi connectivity index (χ4v) is 2.54. The van der Waals surface area contributed by atoms with E-state index in [9.17, 15) is 0 Å². The van der Waals surface area contributed by atoms with Crippen LogP contribution in [0.1, 0.15) is 11.7 Å². The van der Waals surface area contributed by atoms with Gasteiger partial charge in [-0.15, -0.1) is 0 Å². The molecule has 0 bridgehead atoms. The fourth-order valence-electron chi connectivity index (χ4n) is 2.54. The van der Waals surface area contributed by atoms with E-state index in [2.05, 4.69) is 30.3 Å². The average Bonchev–Trinajstić information content (AvgIpc) is 2.88. The van der Waals surface area contributed by atoms with E-state index in [0.29, 0.717) is 0 Å². The van der Waals surface area contributed by atoms with Crippen molar-refractivity contribution < 1.29 is 9.47 Å². The first-order valence-electron chi connectivity index (χ1n) is 5.44. The molecule has 2 heteroatoms. The van der Waals surface area contributed by atoms with Crippen molar-refractivity contribution in [3.63, 3.8) is 0 Å². The molecule has 2 aliphatic rings. The van der Waals surface area contributed by atoms with Crippen LogP contribution in [-0.4, -0.2) is 6.10 Å². The van der Waals surface area contributed by atoms with Crippen LogP contribution in [0.25, 0.3) is 10.8 Å². The van der Waals surface area contributed by atoms with Crippen LogP contribution in [0.3, 0.4) is 0 Å². The lowest BCUT2D eigenvalue weighted by atomic mass is 9.99. The molecule has 0 amide bonds. The van der Waals surface area contributed by atoms with Crippen LogP contribution >= 0.6 is 0 Å². The summed E-state index contributed by atoms with van der Waals surface area (Å²) >= 11 is 0. The van der Waals surface area contributed by atoms with Gasteiger partial charge in [-0.3, -0.25) is 0 Å². The van der Waals surface area contributed by atoms with Crippen molar-refractivity contribution in [2.45, 2.75) is 12.2 Å². The largest absolute Gasteiger partial charge is 0.489 e. The van der Waals surface area contributed by atoms with Crippen molar-refractivity contribution in [2.24, 2.45) is 0 Å².